The van der Waals surface area contributed by atoms with Crippen LogP contribution in [-0.4, -0.2) is 103 Å². The molecule has 0 radical (unpaired) electrons. The molecule has 0 amide bonds. The standard InChI is InChI=1S/C23H30F2N8O4S/c1-30(38(3,34)35)15-6-5-9-32(14-15)22-27-21(31-10-12-37-13-11-31)28-23(29-22)33-16-7-4-8-17(36-2)18(16)26-20(33)19(24)25/h4,7-8,15,19H,5-6,9-14H2,1-3H3/t15-/m0/s1. The Morgan fingerprint density at radius 1 is 1.05 bits per heavy atom. The summed E-state index contributed by atoms with van der Waals surface area (Å²) in [6.07, 6.45) is -0.322. The molecular formula is C23H30F2N8O4S. The van der Waals surface area contributed by atoms with Crippen molar-refractivity contribution in [2.24, 2.45) is 0 Å². The first-order chi connectivity index (χ1) is 18.2. The number of morpholine rings is 1. The Kier molecular flexibility index (Phi) is 7.33. The normalized spacial score (nSPS) is 19.1. The summed E-state index contributed by atoms with van der Waals surface area (Å²) >= 11 is 0. The van der Waals surface area contributed by atoms with Gasteiger partial charge in [0.1, 0.15) is 11.3 Å². The molecule has 4 heterocycles. The van der Waals surface area contributed by atoms with E-state index in [0.717, 1.165) is 0 Å². The molecule has 5 rings (SSSR count). The maximum atomic E-state index is 14.3. The first-order valence-corrected chi connectivity index (χ1v) is 14.1. The van der Waals surface area contributed by atoms with Gasteiger partial charge in [-0.2, -0.15) is 15.0 Å². The van der Waals surface area contributed by atoms with Gasteiger partial charge in [-0.25, -0.2) is 26.5 Å². The molecule has 0 bridgehead atoms. The third-order valence-corrected chi connectivity index (χ3v) is 8.24. The predicted molar refractivity (Wildman–Crippen MR) is 137 cm³/mol. The second kappa shape index (κ2) is 10.5. The molecular weight excluding hydrogens is 522 g/mol. The molecule has 15 heteroatoms. The second-order valence-electron chi connectivity index (χ2n) is 9.29. The first-order valence-electron chi connectivity index (χ1n) is 12.3. The summed E-state index contributed by atoms with van der Waals surface area (Å²) in [5, 5.41) is 0. The predicted octanol–water partition coefficient (Wildman–Crippen LogP) is 1.85. The number of piperidine rings is 1. The molecule has 2 fully saturated rings. The Bertz CT molecular complexity index is 1410. The van der Waals surface area contributed by atoms with Crippen molar-refractivity contribution < 1.29 is 26.7 Å². The number of anilines is 2. The molecule has 206 valence electrons. The highest BCUT2D eigenvalue weighted by atomic mass is 32.2. The van der Waals surface area contributed by atoms with Crippen molar-refractivity contribution >= 4 is 33.0 Å². The summed E-state index contributed by atoms with van der Waals surface area (Å²) in [4.78, 5) is 21.9. The maximum absolute atomic E-state index is 14.3. The molecule has 1 atom stereocenters. The van der Waals surface area contributed by atoms with Crippen LogP contribution in [0.15, 0.2) is 18.2 Å². The van der Waals surface area contributed by atoms with Crippen LogP contribution >= 0.6 is 0 Å². The fourth-order valence-electron chi connectivity index (χ4n) is 4.81. The van der Waals surface area contributed by atoms with E-state index in [1.54, 1.807) is 25.2 Å². The van der Waals surface area contributed by atoms with Crippen molar-refractivity contribution in [3.63, 3.8) is 0 Å². The van der Waals surface area contributed by atoms with Crippen LogP contribution in [-0.2, 0) is 14.8 Å². The zero-order valence-corrected chi connectivity index (χ0v) is 22.2. The molecule has 2 aromatic heterocycles. The molecule has 2 aliphatic heterocycles. The number of alkyl halides is 2. The number of imidazole rings is 1. The number of nitrogens with zero attached hydrogens (tertiary/aromatic N) is 8. The first kappa shape index (κ1) is 26.4. The fraction of sp³-hybridized carbons (Fsp3) is 0.565. The van der Waals surface area contributed by atoms with Crippen molar-refractivity contribution in [3.05, 3.63) is 24.0 Å². The van der Waals surface area contributed by atoms with E-state index in [1.807, 2.05) is 9.80 Å². The lowest BCUT2D eigenvalue weighted by atomic mass is 10.1. The number of aromatic nitrogens is 5. The van der Waals surface area contributed by atoms with Crippen LogP contribution < -0.4 is 14.5 Å². The van der Waals surface area contributed by atoms with E-state index in [1.165, 1.54) is 22.2 Å². The number of ether oxygens (including phenoxy) is 2. The van der Waals surface area contributed by atoms with Crippen LogP contribution in [0.25, 0.3) is 17.0 Å². The van der Waals surface area contributed by atoms with Gasteiger partial charge < -0.3 is 19.3 Å². The van der Waals surface area contributed by atoms with Crippen LogP contribution in [0.3, 0.4) is 0 Å². The van der Waals surface area contributed by atoms with Gasteiger partial charge in [-0.3, -0.25) is 4.57 Å². The largest absolute Gasteiger partial charge is 0.494 e. The number of hydrogen-bond acceptors (Lipinski definition) is 10. The number of benzene rings is 1. The van der Waals surface area contributed by atoms with Crippen molar-refractivity contribution in [2.45, 2.75) is 25.3 Å². The average Bonchev–Trinajstić information content (AvgIpc) is 3.33. The summed E-state index contributed by atoms with van der Waals surface area (Å²) in [6.45, 7) is 2.96. The number of likely N-dealkylation sites (N-methyl/N-ethyl adjacent to an activating group) is 1. The van der Waals surface area contributed by atoms with Crippen LogP contribution in [0.5, 0.6) is 5.75 Å². The van der Waals surface area contributed by atoms with Gasteiger partial charge >= 0.3 is 0 Å². The summed E-state index contributed by atoms with van der Waals surface area (Å²) < 4.78 is 66.3. The minimum Gasteiger partial charge on any atom is -0.494 e. The number of para-hydroxylation sites is 1. The van der Waals surface area contributed by atoms with E-state index >= 15 is 0 Å². The monoisotopic (exact) mass is 552 g/mol. The fourth-order valence-corrected chi connectivity index (χ4v) is 5.52. The number of fused-ring (bicyclic) bond motifs is 1. The van der Waals surface area contributed by atoms with Crippen LogP contribution in [0, 0.1) is 0 Å². The molecule has 0 unspecified atom stereocenters. The maximum Gasteiger partial charge on any atom is 0.296 e. The van der Waals surface area contributed by atoms with E-state index in [9.17, 15) is 17.2 Å². The molecule has 0 spiro atoms. The van der Waals surface area contributed by atoms with Crippen molar-refractivity contribution in [3.8, 4) is 11.7 Å². The minimum absolute atomic E-state index is 0.00105. The Morgan fingerprint density at radius 2 is 1.74 bits per heavy atom. The van der Waals surface area contributed by atoms with Gasteiger partial charge in [0.05, 0.1) is 32.1 Å². The lowest BCUT2D eigenvalue weighted by Gasteiger charge is -2.37. The lowest BCUT2D eigenvalue weighted by Crippen LogP contribution is -2.49. The molecule has 38 heavy (non-hydrogen) atoms. The molecule has 3 aromatic rings. The Balaban J connectivity index is 1.64. The molecule has 0 N–H and O–H groups in total. The topological polar surface area (TPSA) is 119 Å². The van der Waals surface area contributed by atoms with E-state index in [2.05, 4.69) is 15.0 Å². The summed E-state index contributed by atoms with van der Waals surface area (Å²) in [5.41, 5.74) is 0.644. The van der Waals surface area contributed by atoms with Gasteiger partial charge in [0.25, 0.3) is 6.43 Å². The number of rotatable bonds is 7. The Labute approximate surface area is 219 Å². The number of sulfonamides is 1. The van der Waals surface area contributed by atoms with Crippen molar-refractivity contribution in [2.75, 3.05) is 69.6 Å². The highest BCUT2D eigenvalue weighted by Gasteiger charge is 2.31. The van der Waals surface area contributed by atoms with Gasteiger partial charge in [0.15, 0.2) is 5.82 Å². The van der Waals surface area contributed by atoms with Gasteiger partial charge in [-0.1, -0.05) is 6.07 Å². The zero-order chi connectivity index (χ0) is 27.0. The lowest BCUT2D eigenvalue weighted by molar-refractivity contribution is 0.122. The molecule has 12 nitrogen and oxygen atoms in total. The summed E-state index contributed by atoms with van der Waals surface area (Å²) in [7, 11) is -0.390. The smallest absolute Gasteiger partial charge is 0.296 e. The third-order valence-electron chi connectivity index (χ3n) is 6.90. The van der Waals surface area contributed by atoms with Gasteiger partial charge in [0.2, 0.25) is 27.9 Å². The zero-order valence-electron chi connectivity index (χ0n) is 21.4. The van der Waals surface area contributed by atoms with Crippen molar-refractivity contribution in [1.82, 2.24) is 28.8 Å². The van der Waals surface area contributed by atoms with Crippen molar-refractivity contribution in [1.29, 1.82) is 0 Å². The molecule has 1 aromatic carbocycles. The third kappa shape index (κ3) is 5.09. The van der Waals surface area contributed by atoms with Crippen LogP contribution in [0.4, 0.5) is 20.7 Å². The van der Waals surface area contributed by atoms with Gasteiger partial charge in [-0.05, 0) is 25.0 Å². The molecule has 0 saturated carbocycles. The highest BCUT2D eigenvalue weighted by Crippen LogP contribution is 2.33. The second-order valence-corrected chi connectivity index (χ2v) is 11.3. The van der Waals surface area contributed by atoms with Gasteiger partial charge in [0, 0.05) is 39.3 Å². The number of methoxy groups -OCH3 is 1. The Morgan fingerprint density at radius 3 is 2.39 bits per heavy atom. The van der Waals surface area contributed by atoms with Crippen LogP contribution in [0.1, 0.15) is 25.1 Å². The summed E-state index contributed by atoms with van der Waals surface area (Å²) in [5.74, 6) is 0.461. The summed E-state index contributed by atoms with van der Waals surface area (Å²) in [6, 6.07) is 4.72. The van der Waals surface area contributed by atoms with E-state index < -0.39 is 22.3 Å². The van der Waals surface area contributed by atoms with E-state index in [4.69, 9.17) is 14.5 Å². The van der Waals surface area contributed by atoms with Crippen LogP contribution in [0.2, 0.25) is 0 Å². The minimum atomic E-state index is -3.40. The highest BCUT2D eigenvalue weighted by molar-refractivity contribution is 7.88. The molecule has 0 aliphatic carbocycles. The Hall–Kier alpha value is -3.17. The number of halogens is 2. The van der Waals surface area contributed by atoms with E-state index in [-0.39, 0.29) is 23.5 Å². The van der Waals surface area contributed by atoms with Gasteiger partial charge in [-0.15, -0.1) is 0 Å². The number of hydrogen-bond donors (Lipinski definition) is 0. The SMILES string of the molecule is COc1cccc2c1nc(C(F)F)n2-c1nc(N2CCOCC2)nc(N2CCC[C@H](N(C)S(C)(=O)=O)C2)n1. The average molecular weight is 553 g/mol. The molecule has 2 aliphatic rings. The van der Waals surface area contributed by atoms with E-state index in [0.29, 0.717) is 69.4 Å². The molecule has 2 saturated heterocycles. The quantitative estimate of drug-likeness (QED) is 0.430.